The molecule has 4 aromatic carbocycles. The lowest BCUT2D eigenvalue weighted by Crippen LogP contribution is -2.49. The van der Waals surface area contributed by atoms with Crippen LogP contribution in [0.4, 0.5) is 31.8 Å². The minimum atomic E-state index is -0.776. The molecular formula is C63H77ClF2N12O5. The first kappa shape index (κ1) is 58.8. The van der Waals surface area contributed by atoms with Gasteiger partial charge in [0.25, 0.3) is 0 Å². The fourth-order valence-electron chi connectivity index (χ4n) is 12.5. The van der Waals surface area contributed by atoms with Crippen molar-refractivity contribution in [3.05, 3.63) is 126 Å². The van der Waals surface area contributed by atoms with E-state index in [2.05, 4.69) is 91.9 Å². The molecule has 17 nitrogen and oxygen atoms in total. The van der Waals surface area contributed by atoms with Gasteiger partial charge in [-0.05, 0) is 99.2 Å². The Morgan fingerprint density at radius 1 is 0.590 bits per heavy atom. The number of aromatic nitrogens is 4. The predicted molar refractivity (Wildman–Crippen MR) is 325 cm³/mol. The highest BCUT2D eigenvalue weighted by Crippen LogP contribution is 2.38. The minimum absolute atomic E-state index is 0. The number of piperazine rings is 2. The van der Waals surface area contributed by atoms with Gasteiger partial charge in [0, 0.05) is 131 Å². The molecule has 6 aromatic rings. The van der Waals surface area contributed by atoms with Crippen molar-refractivity contribution < 1.29 is 33.0 Å². The van der Waals surface area contributed by atoms with Gasteiger partial charge in [0.15, 0.2) is 0 Å². The number of aromatic hydroxyl groups is 1. The van der Waals surface area contributed by atoms with Crippen molar-refractivity contribution in [3.8, 4) is 17.8 Å². The summed E-state index contributed by atoms with van der Waals surface area (Å²) in [5, 5.41) is 15.0. The second kappa shape index (κ2) is 26.9. The van der Waals surface area contributed by atoms with Crippen molar-refractivity contribution >= 4 is 68.8 Å². The lowest BCUT2D eigenvalue weighted by molar-refractivity contribution is -0.127. The minimum Gasteiger partial charge on any atom is -0.508 e. The molecule has 0 unspecified atom stereocenters. The molecule has 8 heterocycles. The Bertz CT molecular complexity index is 3070. The number of likely N-dealkylation sites (tertiary alicyclic amines) is 2. The third-order valence-electron chi connectivity index (χ3n) is 16.8. The number of halogens is 3. The van der Waals surface area contributed by atoms with E-state index in [0.717, 1.165) is 102 Å². The molecular weight excluding hydrogens is 1080 g/mol. The van der Waals surface area contributed by atoms with Crippen LogP contribution in [0.3, 0.4) is 0 Å². The Kier molecular flexibility index (Phi) is 19.1. The Hall–Kier alpha value is -7.35. The number of rotatable bonds is 14. The summed E-state index contributed by atoms with van der Waals surface area (Å²) < 4.78 is 40.0. The van der Waals surface area contributed by atoms with Crippen LogP contribution in [0.1, 0.15) is 53.8 Å². The lowest BCUT2D eigenvalue weighted by atomic mass is 10.0. The number of alkyl halides is 2. The van der Waals surface area contributed by atoms with Crippen LogP contribution in [-0.4, -0.2) is 187 Å². The Labute approximate surface area is 491 Å². The first-order valence-corrected chi connectivity index (χ1v) is 29.3. The maximum Gasteiger partial charge on any atom is 0.318 e. The first-order valence-electron chi connectivity index (χ1n) is 29.3. The summed E-state index contributed by atoms with van der Waals surface area (Å²) in [6, 6.07) is 25.4. The van der Waals surface area contributed by atoms with Crippen LogP contribution in [0.25, 0.3) is 21.5 Å². The number of amides is 2. The highest BCUT2D eigenvalue weighted by atomic mass is 35.5. The number of nitrogens with zero attached hydrogens (tertiary/aromatic N) is 12. The van der Waals surface area contributed by atoms with Crippen molar-refractivity contribution in [3.63, 3.8) is 0 Å². The molecule has 6 aliphatic heterocycles. The summed E-state index contributed by atoms with van der Waals surface area (Å²) in [5.74, 6) is 1.91. The highest BCUT2D eigenvalue weighted by molar-refractivity contribution is 5.96. The van der Waals surface area contributed by atoms with Crippen LogP contribution < -0.4 is 29.1 Å². The molecule has 0 aliphatic carbocycles. The standard InChI is InChI=1S/C32H39FN6O2.C31H37FN6O3.ClH/c1-3-30(40)37-13-15-38(16-14-37)31-27-10-12-39(29-20-23(2)19-24-7-4-5-9-26(24)29)22-28(27)34-32(35-31)41-18-17-36-11-6-8-25(33)21-36;1-2-29(40)36-12-14-37(15-13-36)30-26-9-11-38(28-19-24(39)18-22-6-3-4-8-25(22)28)21-27(26)33-31(34-30)41-17-16-35-10-5-7-23(32)20-35;/h3-5,7,9,19-20,25H,1,6,8,10-18,21-22H2,2H3;2-4,6,8,18-19,23,39H,1,5,7,9-17,20-21H2;1H/t25-;23-;/m11./s1. The van der Waals surface area contributed by atoms with Crippen LogP contribution in [-0.2, 0) is 35.5 Å². The molecule has 2 amide bonds. The molecule has 1 N–H and O–H groups in total. The number of hydrogen-bond donors (Lipinski definition) is 1. The summed E-state index contributed by atoms with van der Waals surface area (Å²) in [7, 11) is 0. The van der Waals surface area contributed by atoms with Crippen LogP contribution in [0.15, 0.2) is 98.1 Å². The molecule has 0 saturated carbocycles. The van der Waals surface area contributed by atoms with E-state index in [1.807, 2.05) is 29.2 Å². The van der Waals surface area contributed by atoms with Gasteiger partial charge in [-0.2, -0.15) is 19.9 Å². The maximum absolute atomic E-state index is 13.9. The van der Waals surface area contributed by atoms with Gasteiger partial charge < -0.3 is 44.0 Å². The molecule has 2 aromatic heterocycles. The molecule has 0 spiro atoms. The number of phenols is 1. The zero-order chi connectivity index (χ0) is 56.7. The van der Waals surface area contributed by atoms with Crippen molar-refractivity contribution in [1.82, 2.24) is 39.5 Å². The third-order valence-corrected chi connectivity index (χ3v) is 16.8. The van der Waals surface area contributed by atoms with Crippen molar-refractivity contribution in [2.24, 2.45) is 0 Å². The molecule has 440 valence electrons. The summed E-state index contributed by atoms with van der Waals surface area (Å²) in [6.07, 6.45) is 5.79. The molecule has 4 fully saturated rings. The van der Waals surface area contributed by atoms with Gasteiger partial charge >= 0.3 is 12.0 Å². The van der Waals surface area contributed by atoms with Crippen molar-refractivity contribution in [2.45, 2.75) is 70.9 Å². The van der Waals surface area contributed by atoms with E-state index in [1.165, 1.54) is 34.2 Å². The predicted octanol–water partition coefficient (Wildman–Crippen LogP) is 8.12. The average molecular weight is 1160 g/mol. The van der Waals surface area contributed by atoms with E-state index in [1.54, 1.807) is 11.0 Å². The van der Waals surface area contributed by atoms with E-state index in [4.69, 9.17) is 29.4 Å². The fourth-order valence-corrected chi connectivity index (χ4v) is 12.5. The SMILES string of the molecule is C=CC(=O)N1CCN(c2nc(OCCN3CCC[C@@H](F)C3)nc3c2CCN(c2cc(C)cc4ccccc24)C3)CC1.C=CC(=O)N1CCN(c2nc(OCCN3CCC[C@@H](F)C3)nc3c2CCN(c2cc(O)cc4ccccc24)C3)CC1.Cl. The van der Waals surface area contributed by atoms with Crippen LogP contribution in [0, 0.1) is 6.92 Å². The monoisotopic (exact) mass is 1150 g/mol. The molecule has 0 bridgehead atoms. The number of ether oxygens (including phenoxy) is 2. The smallest absolute Gasteiger partial charge is 0.318 e. The van der Waals surface area contributed by atoms with Crippen molar-refractivity contribution in [1.29, 1.82) is 0 Å². The zero-order valence-corrected chi connectivity index (χ0v) is 48.5. The molecule has 2 atom stereocenters. The number of carbonyl (C=O) groups excluding carboxylic acids is 2. The molecule has 83 heavy (non-hydrogen) atoms. The molecule has 20 heteroatoms. The topological polar surface area (TPSA) is 150 Å². The number of benzene rings is 4. The number of hydrogen-bond acceptors (Lipinski definition) is 15. The number of anilines is 4. The summed E-state index contributed by atoms with van der Waals surface area (Å²) in [5.41, 5.74) is 7.55. The van der Waals surface area contributed by atoms with Gasteiger partial charge in [0.1, 0.15) is 42.9 Å². The second-order valence-electron chi connectivity index (χ2n) is 22.4. The highest BCUT2D eigenvalue weighted by Gasteiger charge is 2.32. The largest absolute Gasteiger partial charge is 0.508 e. The normalized spacial score (nSPS) is 19.5. The van der Waals surface area contributed by atoms with Gasteiger partial charge in [-0.15, -0.1) is 12.4 Å². The Balaban J connectivity index is 0.000000183. The summed E-state index contributed by atoms with van der Waals surface area (Å²) in [4.78, 5) is 60.9. The summed E-state index contributed by atoms with van der Waals surface area (Å²) >= 11 is 0. The van der Waals surface area contributed by atoms with E-state index in [0.29, 0.717) is 130 Å². The quantitative estimate of drug-likeness (QED) is 0.105. The van der Waals surface area contributed by atoms with Gasteiger partial charge in [-0.25, -0.2) is 8.78 Å². The van der Waals surface area contributed by atoms with Gasteiger partial charge in [-0.1, -0.05) is 67.8 Å². The Morgan fingerprint density at radius 2 is 1.04 bits per heavy atom. The molecule has 4 saturated heterocycles. The number of piperidine rings is 2. The first-order chi connectivity index (χ1) is 40.0. The second-order valence-corrected chi connectivity index (χ2v) is 22.4. The number of aryl methyl sites for hydroxylation is 1. The number of phenolic OH excluding ortho intramolecular Hbond substituents is 1. The van der Waals surface area contributed by atoms with Crippen LogP contribution >= 0.6 is 12.4 Å². The lowest BCUT2D eigenvalue weighted by Gasteiger charge is -2.38. The molecule has 6 aliphatic rings. The van der Waals surface area contributed by atoms with Gasteiger partial charge in [0.2, 0.25) is 11.8 Å². The van der Waals surface area contributed by atoms with E-state index in [-0.39, 0.29) is 30.0 Å². The van der Waals surface area contributed by atoms with Crippen LogP contribution in [0.5, 0.6) is 17.8 Å². The third kappa shape index (κ3) is 13.9. The van der Waals surface area contributed by atoms with Crippen LogP contribution in [0.2, 0.25) is 0 Å². The van der Waals surface area contributed by atoms with Gasteiger partial charge in [-0.3, -0.25) is 19.4 Å². The molecule has 12 rings (SSSR count). The summed E-state index contributed by atoms with van der Waals surface area (Å²) in [6.45, 7) is 22.2. The number of carbonyl (C=O) groups is 2. The number of fused-ring (bicyclic) bond motifs is 4. The van der Waals surface area contributed by atoms with E-state index >= 15 is 0 Å². The maximum atomic E-state index is 13.9. The van der Waals surface area contributed by atoms with E-state index < -0.39 is 12.3 Å². The van der Waals surface area contributed by atoms with E-state index in [9.17, 15) is 23.5 Å². The fraction of sp³-hybridized carbons (Fsp3) is 0.460. The Morgan fingerprint density at radius 3 is 1.49 bits per heavy atom. The van der Waals surface area contributed by atoms with Crippen molar-refractivity contribution in [2.75, 3.05) is 138 Å². The molecule has 0 radical (unpaired) electrons. The zero-order valence-electron chi connectivity index (χ0n) is 47.6. The van der Waals surface area contributed by atoms with Gasteiger partial charge in [0.05, 0.1) is 24.5 Å². The average Bonchev–Trinajstić information content (AvgIpc) is 3.45.